The van der Waals surface area contributed by atoms with Crippen LogP contribution in [0.25, 0.3) is 0 Å². The van der Waals surface area contributed by atoms with Crippen molar-refractivity contribution in [2.45, 2.75) is 11.8 Å². The average Bonchev–Trinajstić information content (AvgIpc) is 1.86. The fourth-order valence-electron chi connectivity index (χ4n) is 0.710. The van der Waals surface area contributed by atoms with Gasteiger partial charge < -0.3 is 0 Å². The number of benzene rings is 1. The van der Waals surface area contributed by atoms with Crippen molar-refractivity contribution in [2.75, 3.05) is 0 Å². The minimum atomic E-state index is -4.02. The maximum atomic E-state index is 10.5. The molecule has 0 unspecified atom stereocenters. The summed E-state index contributed by atoms with van der Waals surface area (Å²) < 4.78 is 29.6. The summed E-state index contributed by atoms with van der Waals surface area (Å²) >= 11 is 0. The molecule has 0 aliphatic carbocycles. The van der Waals surface area contributed by atoms with Gasteiger partial charge in [-0.3, -0.25) is 4.55 Å². The van der Waals surface area contributed by atoms with Crippen LogP contribution in [0.3, 0.4) is 0 Å². The van der Waals surface area contributed by atoms with E-state index in [9.17, 15) is 8.42 Å². The van der Waals surface area contributed by atoms with Gasteiger partial charge in [0.25, 0.3) is 10.1 Å². The van der Waals surface area contributed by atoms with Crippen LogP contribution in [0.2, 0.25) is 0 Å². The second-order valence-corrected chi connectivity index (χ2v) is 3.71. The van der Waals surface area contributed by atoms with Gasteiger partial charge in [0.2, 0.25) is 0 Å². The van der Waals surface area contributed by atoms with Crippen molar-refractivity contribution in [2.24, 2.45) is 0 Å². The van der Waals surface area contributed by atoms with Crippen molar-refractivity contribution in [3.63, 3.8) is 0 Å². The molecular weight excluding hydrogens is 279 g/mol. The van der Waals surface area contributed by atoms with E-state index in [0.29, 0.717) is 0 Å². The summed E-state index contributed by atoms with van der Waals surface area (Å²) in [6, 6.07) is 5.99. The number of rotatable bonds is 1. The predicted molar refractivity (Wildman–Crippen MR) is 50.9 cm³/mol. The second-order valence-electron chi connectivity index (χ2n) is 2.29. The van der Waals surface area contributed by atoms with Gasteiger partial charge in [0.05, 0.1) is 4.90 Å². The Kier molecular flexibility index (Phi) is 4.30. The average molecular weight is 290 g/mol. The van der Waals surface area contributed by atoms with Crippen LogP contribution in [0.15, 0.2) is 29.2 Å². The van der Waals surface area contributed by atoms with Gasteiger partial charge in [-0.2, -0.15) is 8.42 Å². The van der Waals surface area contributed by atoms with E-state index in [2.05, 4.69) is 0 Å². The molecule has 1 rings (SSSR count). The molecule has 0 saturated carbocycles. The zero-order chi connectivity index (χ0) is 8.48. The van der Waals surface area contributed by atoms with E-state index in [1.54, 1.807) is 12.1 Å². The molecule has 1 aromatic carbocycles. The molecule has 12 heavy (non-hydrogen) atoms. The zero-order valence-electron chi connectivity index (χ0n) is 5.98. The molecule has 0 heterocycles. The normalized spacial score (nSPS) is 10.5. The third-order valence-corrected chi connectivity index (χ3v) is 2.19. The van der Waals surface area contributed by atoms with Crippen molar-refractivity contribution in [3.8, 4) is 0 Å². The van der Waals surface area contributed by atoms with Crippen LogP contribution >= 0.6 is 0 Å². The number of hydrogen-bond donors (Lipinski definition) is 1. The Morgan fingerprint density at radius 1 is 1.17 bits per heavy atom. The van der Waals surface area contributed by atoms with Gasteiger partial charge >= 0.3 is 25.8 Å². The summed E-state index contributed by atoms with van der Waals surface area (Å²) in [5, 5.41) is 0. The Morgan fingerprint density at radius 3 is 1.92 bits per heavy atom. The van der Waals surface area contributed by atoms with Crippen LogP contribution in [-0.4, -0.2) is 38.8 Å². The molecule has 0 amide bonds. The van der Waals surface area contributed by atoms with E-state index >= 15 is 0 Å². The van der Waals surface area contributed by atoms with E-state index in [1.165, 1.54) is 12.1 Å². The Hall–Kier alpha value is 0.000130. The third kappa shape index (κ3) is 3.16. The van der Waals surface area contributed by atoms with E-state index in [1.807, 2.05) is 6.92 Å². The summed E-state index contributed by atoms with van der Waals surface area (Å²) in [5.74, 6) is 0. The fraction of sp³-hybridized carbons (Fsp3) is 0.143. The molecule has 1 aromatic rings. The van der Waals surface area contributed by atoms with Gasteiger partial charge in [0.15, 0.2) is 0 Å². The molecule has 66 valence electrons. The molecule has 0 spiro atoms. The molecule has 0 radical (unpaired) electrons. The molecule has 0 aliphatic rings. The summed E-state index contributed by atoms with van der Waals surface area (Å²) in [6.07, 6.45) is 0. The van der Waals surface area contributed by atoms with Crippen LogP contribution < -0.4 is 0 Å². The summed E-state index contributed by atoms with van der Waals surface area (Å²) in [6.45, 7) is 1.84. The van der Waals surface area contributed by atoms with Crippen molar-refractivity contribution >= 4 is 36.0 Å². The summed E-state index contributed by atoms with van der Waals surface area (Å²) in [5.41, 5.74) is 0.956. The predicted octanol–water partition coefficient (Wildman–Crippen LogP) is 0.0578. The van der Waals surface area contributed by atoms with Crippen LogP contribution in [0.1, 0.15) is 5.56 Å². The molecular formula is C7H11InO3S. The first-order valence-electron chi connectivity index (χ1n) is 3.04. The molecule has 0 fully saturated rings. The molecule has 0 atom stereocenters. The molecule has 0 aliphatic heterocycles. The van der Waals surface area contributed by atoms with Crippen molar-refractivity contribution in [1.82, 2.24) is 0 Å². The molecule has 5 heteroatoms. The Labute approximate surface area is 90.3 Å². The number of aryl methyl sites for hydroxylation is 1. The van der Waals surface area contributed by atoms with Crippen LogP contribution in [-0.2, 0) is 10.1 Å². The van der Waals surface area contributed by atoms with Crippen molar-refractivity contribution < 1.29 is 13.0 Å². The summed E-state index contributed by atoms with van der Waals surface area (Å²) in [4.78, 5) is -0.0666. The van der Waals surface area contributed by atoms with E-state index in [0.717, 1.165) is 5.56 Å². The van der Waals surface area contributed by atoms with Gasteiger partial charge in [-0.25, -0.2) is 0 Å². The molecule has 3 nitrogen and oxygen atoms in total. The van der Waals surface area contributed by atoms with E-state index in [-0.39, 0.29) is 30.7 Å². The van der Waals surface area contributed by atoms with Gasteiger partial charge in [-0.1, -0.05) is 17.7 Å². The molecule has 0 aromatic heterocycles. The SMILES string of the molecule is Cc1ccc(S(=O)(=O)O)cc1.[InH3]. The zero-order valence-corrected chi connectivity index (χ0v) is 6.80. The van der Waals surface area contributed by atoms with Crippen molar-refractivity contribution in [3.05, 3.63) is 29.8 Å². The van der Waals surface area contributed by atoms with E-state index in [4.69, 9.17) is 4.55 Å². The topological polar surface area (TPSA) is 54.4 Å². The minimum absolute atomic E-state index is 0. The molecule has 1 N–H and O–H groups in total. The Bertz CT molecular complexity index is 341. The number of hydrogen-bond acceptors (Lipinski definition) is 2. The van der Waals surface area contributed by atoms with Gasteiger partial charge in [0, 0.05) is 0 Å². The Balaban J connectivity index is 0.00000121. The monoisotopic (exact) mass is 290 g/mol. The first-order chi connectivity index (χ1) is 5.00. The third-order valence-electron chi connectivity index (χ3n) is 1.32. The molecule has 0 bridgehead atoms. The second kappa shape index (κ2) is 4.30. The standard InChI is InChI=1S/C7H8O3S.In.3H/c1-6-2-4-7(5-3-6)11(8,9)10;;;;/h2-5H,1H3,(H,8,9,10);;;;. The van der Waals surface area contributed by atoms with Crippen LogP contribution in [0.4, 0.5) is 0 Å². The molecule has 0 saturated heterocycles. The summed E-state index contributed by atoms with van der Waals surface area (Å²) in [7, 11) is -4.02. The van der Waals surface area contributed by atoms with Gasteiger partial charge in [0.1, 0.15) is 0 Å². The fourth-order valence-corrected chi connectivity index (χ4v) is 1.19. The first-order valence-corrected chi connectivity index (χ1v) is 4.48. The maximum absolute atomic E-state index is 10.5. The van der Waals surface area contributed by atoms with Crippen LogP contribution in [0.5, 0.6) is 0 Å². The van der Waals surface area contributed by atoms with Crippen molar-refractivity contribution in [1.29, 1.82) is 0 Å². The Morgan fingerprint density at radius 2 is 1.58 bits per heavy atom. The van der Waals surface area contributed by atoms with Gasteiger partial charge in [-0.05, 0) is 19.1 Å². The van der Waals surface area contributed by atoms with E-state index < -0.39 is 10.1 Å². The van der Waals surface area contributed by atoms with Gasteiger partial charge in [-0.15, -0.1) is 0 Å². The quantitative estimate of drug-likeness (QED) is 0.744. The van der Waals surface area contributed by atoms with Crippen LogP contribution in [0, 0.1) is 6.92 Å². The first kappa shape index (κ1) is 12.0.